The topological polar surface area (TPSA) is 104 Å². The molecule has 0 unspecified atom stereocenters. The van der Waals surface area contributed by atoms with E-state index in [1.54, 1.807) is 18.1 Å². The van der Waals surface area contributed by atoms with Crippen molar-refractivity contribution in [2.75, 3.05) is 17.2 Å². The summed E-state index contributed by atoms with van der Waals surface area (Å²) in [6, 6.07) is 7.89. The van der Waals surface area contributed by atoms with Gasteiger partial charge < -0.3 is 5.32 Å². The first-order valence-electron chi connectivity index (χ1n) is 9.40. The number of aryl methyl sites for hydroxylation is 1. The smallest absolute Gasteiger partial charge is 0.286 e. The molecule has 9 nitrogen and oxygen atoms in total. The van der Waals surface area contributed by atoms with Crippen molar-refractivity contribution >= 4 is 35.3 Å². The summed E-state index contributed by atoms with van der Waals surface area (Å²) in [6.07, 6.45) is 7.70. The molecule has 1 radical (unpaired) electrons. The lowest BCUT2D eigenvalue weighted by atomic mass is 10.3. The second kappa shape index (κ2) is 7.37. The van der Waals surface area contributed by atoms with Gasteiger partial charge in [0.1, 0.15) is 12.4 Å². The van der Waals surface area contributed by atoms with Crippen molar-refractivity contribution < 1.29 is 4.79 Å². The van der Waals surface area contributed by atoms with E-state index in [1.807, 2.05) is 48.5 Å². The zero-order valence-corrected chi connectivity index (χ0v) is 16.6. The Kier molecular flexibility index (Phi) is 4.57. The van der Waals surface area contributed by atoms with Gasteiger partial charge in [-0.3, -0.25) is 19.5 Å². The number of benzene rings is 1. The highest BCUT2D eigenvalue weighted by molar-refractivity contribution is 7.97. The zero-order valence-electron chi connectivity index (χ0n) is 15.8. The Balaban J connectivity index is 1.29. The lowest BCUT2D eigenvalue weighted by Crippen LogP contribution is -2.42. The fourth-order valence-electron chi connectivity index (χ4n) is 3.04. The summed E-state index contributed by atoms with van der Waals surface area (Å²) < 4.78 is 2.10. The maximum Gasteiger partial charge on any atom is 0.286 e. The number of nitrogens with zero attached hydrogens (tertiary/aromatic N) is 5. The molecule has 10 heteroatoms. The minimum atomic E-state index is 0.120. The number of anilines is 2. The molecule has 2 aliphatic heterocycles. The van der Waals surface area contributed by atoms with E-state index in [9.17, 15) is 4.79 Å². The van der Waals surface area contributed by atoms with Gasteiger partial charge in [0, 0.05) is 16.5 Å². The van der Waals surface area contributed by atoms with Crippen molar-refractivity contribution in [2.24, 2.45) is 10.9 Å². The van der Waals surface area contributed by atoms with Crippen LogP contribution in [0.25, 0.3) is 0 Å². The molecule has 1 aromatic carbocycles. The lowest BCUT2D eigenvalue weighted by Gasteiger charge is -2.23. The van der Waals surface area contributed by atoms with E-state index in [4.69, 9.17) is 0 Å². The van der Waals surface area contributed by atoms with Crippen LogP contribution in [0, 0.1) is 12.8 Å². The Hall–Kier alpha value is -3.11. The molecule has 3 heterocycles. The van der Waals surface area contributed by atoms with Crippen molar-refractivity contribution in [3.05, 3.63) is 54.5 Å². The molecule has 147 valence electrons. The van der Waals surface area contributed by atoms with E-state index >= 15 is 0 Å². The first-order valence-corrected chi connectivity index (χ1v) is 10.2. The number of fused-ring (bicyclic) bond motifs is 1. The van der Waals surface area contributed by atoms with Crippen LogP contribution in [0.3, 0.4) is 0 Å². The molecule has 1 saturated carbocycles. The number of aliphatic imine (C=N–C) groups is 1. The van der Waals surface area contributed by atoms with Gasteiger partial charge in [0.25, 0.3) is 17.6 Å². The maximum absolute atomic E-state index is 11.9. The summed E-state index contributed by atoms with van der Waals surface area (Å²) in [5.41, 5.74) is 0.832. The molecular weight excluding hydrogens is 388 g/mol. The number of aromatic amines is 1. The quantitative estimate of drug-likeness (QED) is 0.502. The van der Waals surface area contributed by atoms with Crippen LogP contribution in [0.2, 0.25) is 0 Å². The van der Waals surface area contributed by atoms with Crippen LogP contribution in [-0.2, 0) is 4.79 Å². The second-order valence-electron chi connectivity index (χ2n) is 7.05. The van der Waals surface area contributed by atoms with Crippen molar-refractivity contribution in [2.45, 2.75) is 24.7 Å². The summed E-state index contributed by atoms with van der Waals surface area (Å²) >= 11 is 1.60. The maximum atomic E-state index is 11.9. The van der Waals surface area contributed by atoms with Gasteiger partial charge in [-0.1, -0.05) is 0 Å². The highest BCUT2D eigenvalue weighted by Crippen LogP contribution is 2.31. The van der Waals surface area contributed by atoms with Gasteiger partial charge in [-0.25, -0.2) is 0 Å². The second-order valence-corrected chi connectivity index (χ2v) is 8.17. The van der Waals surface area contributed by atoms with E-state index in [0.29, 0.717) is 12.5 Å². The molecule has 0 bridgehead atoms. The molecule has 2 aromatic rings. The molecule has 1 aromatic heterocycles. The Bertz CT molecular complexity index is 1020. The van der Waals surface area contributed by atoms with Gasteiger partial charge in [0.2, 0.25) is 5.91 Å². The van der Waals surface area contributed by atoms with Crippen molar-refractivity contribution in [1.29, 1.82) is 0 Å². The Morgan fingerprint density at radius 1 is 1.31 bits per heavy atom. The first kappa shape index (κ1) is 18.0. The Morgan fingerprint density at radius 2 is 2.14 bits per heavy atom. The highest BCUT2D eigenvalue weighted by atomic mass is 32.2. The highest BCUT2D eigenvalue weighted by Gasteiger charge is 2.37. The third-order valence-electron chi connectivity index (χ3n) is 4.67. The minimum absolute atomic E-state index is 0.120. The van der Waals surface area contributed by atoms with Crippen LogP contribution in [0.5, 0.6) is 0 Å². The number of hydrogen-bond donors (Lipinski definition) is 3. The van der Waals surface area contributed by atoms with Gasteiger partial charge in [-0.15, -0.1) is 5.10 Å². The monoisotopic (exact) mass is 408 g/mol. The van der Waals surface area contributed by atoms with Gasteiger partial charge in [0.15, 0.2) is 6.20 Å². The lowest BCUT2D eigenvalue weighted by molar-refractivity contribution is -0.117. The van der Waals surface area contributed by atoms with E-state index < -0.39 is 0 Å². The molecular formula is C19H20N8OS+. The summed E-state index contributed by atoms with van der Waals surface area (Å²) in [5, 5.41) is 13.2. The number of H-pyrrole nitrogens is 1. The van der Waals surface area contributed by atoms with Crippen molar-refractivity contribution in [3.8, 4) is 0 Å². The van der Waals surface area contributed by atoms with Gasteiger partial charge in [-0.2, -0.15) is 9.98 Å². The average Bonchev–Trinajstić information content (AvgIpc) is 3.32. The predicted octanol–water partition coefficient (Wildman–Crippen LogP) is 2.72. The Morgan fingerprint density at radius 3 is 2.86 bits per heavy atom. The van der Waals surface area contributed by atoms with Crippen LogP contribution in [0.15, 0.2) is 58.6 Å². The summed E-state index contributed by atoms with van der Waals surface area (Å²) in [7, 11) is 0. The third kappa shape index (κ3) is 4.03. The fraction of sp³-hybridized carbons (Fsp3) is 0.263. The zero-order chi connectivity index (χ0) is 19.8. The van der Waals surface area contributed by atoms with E-state index in [2.05, 4.69) is 35.1 Å². The van der Waals surface area contributed by atoms with Gasteiger partial charge in [-0.05, 0) is 60.9 Å². The van der Waals surface area contributed by atoms with Crippen LogP contribution in [0.4, 0.5) is 11.6 Å². The van der Waals surface area contributed by atoms with Gasteiger partial charge >= 0.3 is 0 Å². The van der Waals surface area contributed by atoms with Crippen LogP contribution < -0.4 is 15.5 Å². The van der Waals surface area contributed by atoms with E-state index in [0.717, 1.165) is 40.9 Å². The summed E-state index contributed by atoms with van der Waals surface area (Å²) in [5.74, 6) is 3.32. The van der Waals surface area contributed by atoms with Crippen molar-refractivity contribution in [1.82, 2.24) is 24.4 Å². The number of hydrogen-bond acceptors (Lipinski definition) is 8. The third-order valence-corrected chi connectivity index (χ3v) is 5.62. The molecule has 1 amide bonds. The largest absolute Gasteiger partial charge is 0.326 e. The molecule has 0 saturated heterocycles. The number of nitrogens with one attached hydrogen (secondary N) is 3. The molecule has 1 aliphatic carbocycles. The van der Waals surface area contributed by atoms with Crippen molar-refractivity contribution in [3.63, 3.8) is 0 Å². The number of carbonyl (C=O) groups is 1. The fourth-order valence-corrected chi connectivity index (χ4v) is 3.90. The van der Waals surface area contributed by atoms with E-state index in [1.165, 1.54) is 0 Å². The van der Waals surface area contributed by atoms with E-state index in [-0.39, 0.29) is 11.8 Å². The molecule has 5 rings (SSSR count). The minimum Gasteiger partial charge on any atom is -0.326 e. The number of amides is 1. The first-order chi connectivity index (χ1) is 14.1. The number of amidine groups is 1. The molecule has 0 spiro atoms. The molecule has 3 aliphatic rings. The molecule has 3 N–H and O–H groups in total. The molecule has 29 heavy (non-hydrogen) atoms. The number of aromatic nitrogens is 3. The standard InChI is InChI=1S/C19H20N8OS/c1-12-21-19(25-24-12)23-17-11-26(10-16-20-8-9-27(16)17)29-15-6-4-14(5-7-15)22-18(28)13-2-3-13/h4-9,11,13H,2-3,10H2,1H3,(H,22,28)(H2,21,23,24,25)/q+1. The summed E-state index contributed by atoms with van der Waals surface area (Å²) in [4.78, 5) is 23.7. The number of rotatable bonds is 6. The normalized spacial score (nSPS) is 18.3. The Labute approximate surface area is 172 Å². The number of carbonyl (C=O) groups excluding carboxylic acids is 1. The van der Waals surface area contributed by atoms with Gasteiger partial charge in [0.05, 0.1) is 12.4 Å². The average molecular weight is 408 g/mol. The molecule has 1 fully saturated rings. The van der Waals surface area contributed by atoms with Crippen LogP contribution >= 0.6 is 11.9 Å². The molecule has 0 atom stereocenters. The van der Waals surface area contributed by atoms with Crippen LogP contribution in [-0.4, -0.2) is 37.8 Å². The predicted molar refractivity (Wildman–Crippen MR) is 112 cm³/mol. The van der Waals surface area contributed by atoms with Crippen LogP contribution in [0.1, 0.15) is 18.7 Å². The SMILES string of the molecule is Cc1nc(NC2=CN(Sc3ccc(NC(=O)C4CC4)cc3)CC3=NC=C[N+]23)n[nH]1. The summed E-state index contributed by atoms with van der Waals surface area (Å²) in [6.45, 7) is 2.52.